The molecule has 0 aliphatic rings. The Labute approximate surface area is 118 Å². The van der Waals surface area contributed by atoms with Crippen LogP contribution in [0.2, 0.25) is 0 Å². The van der Waals surface area contributed by atoms with Crippen LogP contribution in [0.25, 0.3) is 0 Å². The Hall–Kier alpha value is -1.89. The van der Waals surface area contributed by atoms with Crippen LogP contribution in [-0.4, -0.2) is 20.0 Å². The number of hydrogen-bond acceptors (Lipinski definition) is 3. The lowest BCUT2D eigenvalue weighted by Gasteiger charge is -2.07. The number of nitrogens with two attached hydrogens (primary N) is 1. The van der Waals surface area contributed by atoms with E-state index in [2.05, 4.69) is 5.32 Å². The largest absolute Gasteiger partial charge is 0.388 e. The van der Waals surface area contributed by atoms with E-state index in [1.54, 1.807) is 18.3 Å². The summed E-state index contributed by atoms with van der Waals surface area (Å²) in [4.78, 5) is -0.0739. The third-order valence-electron chi connectivity index (χ3n) is 2.97. The molecule has 0 amide bonds. The van der Waals surface area contributed by atoms with Crippen LogP contribution in [0.1, 0.15) is 5.56 Å². The van der Waals surface area contributed by atoms with Gasteiger partial charge in [0.25, 0.3) is 10.1 Å². The highest BCUT2D eigenvalue weighted by Crippen LogP contribution is 2.20. The van der Waals surface area contributed by atoms with Crippen molar-refractivity contribution >= 4 is 27.2 Å². The summed E-state index contributed by atoms with van der Waals surface area (Å²) in [5.74, 6) is 0. The fraction of sp³-hybridized carbons (Fsp3) is 0.143. The number of anilines is 1. The van der Waals surface area contributed by atoms with Crippen LogP contribution < -0.4 is 10.6 Å². The van der Waals surface area contributed by atoms with Gasteiger partial charge >= 0.3 is 0 Å². The number of nitrogens with one attached hydrogen (secondary N) is 1. The number of quaternary nitrogens is 1. The molecule has 0 radical (unpaired) electrons. The van der Waals surface area contributed by atoms with Gasteiger partial charge in [0.1, 0.15) is 5.69 Å². The Kier molecular flexibility index (Phi) is 4.08. The quantitative estimate of drug-likeness (QED) is 0.593. The first kappa shape index (κ1) is 14.5. The van der Waals surface area contributed by atoms with Crippen LogP contribution in [0, 0.1) is 6.92 Å². The van der Waals surface area contributed by atoms with E-state index in [9.17, 15) is 13.0 Å². The van der Waals surface area contributed by atoms with E-state index >= 15 is 0 Å². The fourth-order valence-corrected chi connectivity index (χ4v) is 2.67. The molecule has 0 heterocycles. The van der Waals surface area contributed by atoms with Gasteiger partial charge in [-0.2, -0.15) is 8.42 Å². The summed E-state index contributed by atoms with van der Waals surface area (Å²) in [5, 5.41) is 4.74. The zero-order valence-electron chi connectivity index (χ0n) is 11.3. The van der Waals surface area contributed by atoms with Gasteiger partial charge in [-0.05, 0) is 30.7 Å². The van der Waals surface area contributed by atoms with Gasteiger partial charge in [-0.1, -0.05) is 6.07 Å². The normalized spacial score (nSPS) is 11.3. The Balaban J connectivity index is 2.38. The van der Waals surface area contributed by atoms with Crippen LogP contribution in [0.15, 0.2) is 47.4 Å². The zero-order chi connectivity index (χ0) is 14.8. The van der Waals surface area contributed by atoms with Crippen molar-refractivity contribution in [2.45, 2.75) is 11.8 Å². The SMILES string of the molecule is CNc1ccc([NH2+]c2ccc(C)cc2S(=O)(=O)O)cc1. The highest BCUT2D eigenvalue weighted by atomic mass is 32.2. The maximum absolute atomic E-state index is 11.4. The molecule has 20 heavy (non-hydrogen) atoms. The van der Waals surface area contributed by atoms with Crippen molar-refractivity contribution < 1.29 is 18.3 Å². The van der Waals surface area contributed by atoms with Gasteiger partial charge in [-0.3, -0.25) is 9.87 Å². The van der Waals surface area contributed by atoms with E-state index in [0.29, 0.717) is 5.69 Å². The van der Waals surface area contributed by atoms with Crippen LogP contribution >= 0.6 is 0 Å². The van der Waals surface area contributed by atoms with Crippen LogP contribution in [-0.2, 0) is 10.1 Å². The molecule has 6 heteroatoms. The zero-order valence-corrected chi connectivity index (χ0v) is 12.1. The Morgan fingerprint density at radius 3 is 2.30 bits per heavy atom. The summed E-state index contributed by atoms with van der Waals surface area (Å²) in [6.45, 7) is 1.78. The van der Waals surface area contributed by atoms with Gasteiger partial charge in [0.15, 0.2) is 10.6 Å². The topological polar surface area (TPSA) is 83.0 Å². The van der Waals surface area contributed by atoms with Crippen molar-refractivity contribution in [3.63, 3.8) is 0 Å². The highest BCUT2D eigenvalue weighted by molar-refractivity contribution is 7.86. The molecule has 0 saturated carbocycles. The first-order valence-electron chi connectivity index (χ1n) is 6.11. The lowest BCUT2D eigenvalue weighted by Crippen LogP contribution is -2.71. The maximum Gasteiger partial charge on any atom is 0.300 e. The highest BCUT2D eigenvalue weighted by Gasteiger charge is 2.19. The van der Waals surface area contributed by atoms with Gasteiger partial charge in [0.05, 0.1) is 0 Å². The third-order valence-corrected chi connectivity index (χ3v) is 3.88. The molecule has 0 spiro atoms. The first-order valence-corrected chi connectivity index (χ1v) is 7.55. The Morgan fingerprint density at radius 2 is 1.75 bits per heavy atom. The van der Waals surface area contributed by atoms with E-state index in [0.717, 1.165) is 16.9 Å². The molecule has 0 bridgehead atoms. The molecule has 0 unspecified atom stereocenters. The van der Waals surface area contributed by atoms with E-state index in [1.165, 1.54) is 6.07 Å². The second kappa shape index (κ2) is 5.62. The predicted molar refractivity (Wildman–Crippen MR) is 78.2 cm³/mol. The molecule has 106 valence electrons. The minimum absolute atomic E-state index is 0.0739. The molecule has 2 rings (SSSR count). The van der Waals surface area contributed by atoms with Crippen LogP contribution in [0.4, 0.5) is 17.1 Å². The minimum atomic E-state index is -4.23. The summed E-state index contributed by atoms with van der Waals surface area (Å²) in [6, 6.07) is 12.5. The van der Waals surface area contributed by atoms with Gasteiger partial charge in [0.2, 0.25) is 0 Å². The summed E-state index contributed by atoms with van der Waals surface area (Å²) >= 11 is 0. The van der Waals surface area contributed by atoms with Gasteiger partial charge in [-0.25, -0.2) is 0 Å². The maximum atomic E-state index is 11.4. The van der Waals surface area contributed by atoms with Crippen LogP contribution in [0.5, 0.6) is 0 Å². The molecular formula is C14H17N2O3S+. The van der Waals surface area contributed by atoms with Crippen molar-refractivity contribution in [2.24, 2.45) is 0 Å². The number of benzene rings is 2. The fourth-order valence-electron chi connectivity index (χ4n) is 1.91. The van der Waals surface area contributed by atoms with Gasteiger partial charge in [0, 0.05) is 30.9 Å². The van der Waals surface area contributed by atoms with Crippen molar-refractivity contribution in [1.29, 1.82) is 0 Å². The van der Waals surface area contributed by atoms with Gasteiger partial charge < -0.3 is 5.32 Å². The number of hydrogen-bond donors (Lipinski definition) is 3. The molecule has 0 fully saturated rings. The monoisotopic (exact) mass is 293 g/mol. The summed E-state index contributed by atoms with van der Waals surface area (Å²) in [7, 11) is -2.40. The van der Waals surface area contributed by atoms with E-state index < -0.39 is 10.1 Å². The number of rotatable bonds is 4. The standard InChI is InChI=1S/C14H16N2O3S/c1-10-3-8-13(14(9-10)20(17,18)19)16-12-6-4-11(15-2)5-7-12/h3-9,15-16H,1-2H3,(H,17,18,19)/p+1. The van der Waals surface area contributed by atoms with Crippen molar-refractivity contribution in [1.82, 2.24) is 0 Å². The molecule has 5 nitrogen and oxygen atoms in total. The molecule has 2 aromatic carbocycles. The van der Waals surface area contributed by atoms with E-state index in [1.807, 2.05) is 37.4 Å². The molecule has 4 N–H and O–H groups in total. The Morgan fingerprint density at radius 1 is 1.10 bits per heavy atom. The predicted octanol–water partition coefficient (Wildman–Crippen LogP) is 1.81. The smallest absolute Gasteiger partial charge is 0.300 e. The van der Waals surface area contributed by atoms with Crippen molar-refractivity contribution in [2.75, 3.05) is 12.4 Å². The molecule has 0 aromatic heterocycles. The van der Waals surface area contributed by atoms with Crippen LogP contribution in [0.3, 0.4) is 0 Å². The van der Waals surface area contributed by atoms with Crippen molar-refractivity contribution in [3.8, 4) is 0 Å². The minimum Gasteiger partial charge on any atom is -0.388 e. The van der Waals surface area contributed by atoms with E-state index in [4.69, 9.17) is 0 Å². The van der Waals surface area contributed by atoms with E-state index in [-0.39, 0.29) is 4.90 Å². The molecule has 0 saturated heterocycles. The second-order valence-corrected chi connectivity index (χ2v) is 5.92. The summed E-state index contributed by atoms with van der Waals surface area (Å²) in [6.07, 6.45) is 0. The molecular weight excluding hydrogens is 276 g/mol. The average Bonchev–Trinajstić information content (AvgIpc) is 2.40. The molecule has 0 aliphatic heterocycles. The molecule has 2 aromatic rings. The summed E-state index contributed by atoms with van der Waals surface area (Å²) in [5.41, 5.74) is 3.08. The van der Waals surface area contributed by atoms with Crippen molar-refractivity contribution in [3.05, 3.63) is 48.0 Å². The first-order chi connectivity index (χ1) is 9.40. The Bertz CT molecular complexity index is 710. The molecule has 0 aliphatic carbocycles. The third kappa shape index (κ3) is 3.36. The molecule has 0 atom stereocenters. The lowest BCUT2D eigenvalue weighted by molar-refractivity contribution is -0.481. The number of aryl methyl sites for hydroxylation is 1. The lowest BCUT2D eigenvalue weighted by atomic mass is 10.2. The summed E-state index contributed by atoms with van der Waals surface area (Å²) < 4.78 is 32.1. The van der Waals surface area contributed by atoms with Gasteiger partial charge in [-0.15, -0.1) is 0 Å². The average molecular weight is 293 g/mol. The second-order valence-electron chi connectivity index (χ2n) is 4.53.